The molecule has 0 atom stereocenters. The van der Waals surface area contributed by atoms with Gasteiger partial charge in [-0.25, -0.2) is 0 Å². The van der Waals surface area contributed by atoms with Crippen LogP contribution in [0.2, 0.25) is 0 Å². The first-order chi connectivity index (χ1) is 6.74. The van der Waals surface area contributed by atoms with Crippen LogP contribution in [0.25, 0.3) is 0 Å². The fourth-order valence-corrected chi connectivity index (χ4v) is 0.500. The molecule has 0 unspecified atom stereocenters. The normalized spacial score (nSPS) is 5.71. The fraction of sp³-hybridized carbons (Fsp3) is 0.800. The molecule has 4 heteroatoms. The molecule has 4 nitrogen and oxygen atoms in total. The van der Waals surface area contributed by atoms with E-state index in [9.17, 15) is 0 Å². The molecule has 0 aromatic heterocycles. The van der Waals surface area contributed by atoms with Gasteiger partial charge in [-0.2, -0.15) is 5.26 Å². The summed E-state index contributed by atoms with van der Waals surface area (Å²) in [6, 6.07) is 1.75. The third-order valence-corrected chi connectivity index (χ3v) is 0.957. The number of hydrogen-bond donors (Lipinski definition) is 2. The zero-order valence-electron chi connectivity index (χ0n) is 9.66. The number of nitriles is 1. The molecule has 0 saturated carbocycles. The molecule has 0 fully saturated rings. The Balaban J connectivity index is -0.0000000536. The van der Waals surface area contributed by atoms with Gasteiger partial charge in [-0.3, -0.25) is 4.79 Å². The molecular weight excluding hydrogens is 182 g/mol. The van der Waals surface area contributed by atoms with Crippen molar-refractivity contribution in [2.24, 2.45) is 0 Å². The molecule has 0 saturated heterocycles. The summed E-state index contributed by atoms with van der Waals surface area (Å²) < 4.78 is 0. The topological polar surface area (TPSA) is 81.3 Å². The zero-order chi connectivity index (χ0) is 12.2. The van der Waals surface area contributed by atoms with E-state index >= 15 is 0 Å². The average molecular weight is 205 g/mol. The van der Waals surface area contributed by atoms with Crippen LogP contribution in [0.5, 0.6) is 0 Å². The minimum absolute atomic E-state index is 0.250. The number of carbonyl (C=O) groups is 1. The van der Waals surface area contributed by atoms with Crippen LogP contribution in [0.15, 0.2) is 0 Å². The van der Waals surface area contributed by atoms with Crippen LogP contribution >= 0.6 is 0 Å². The van der Waals surface area contributed by atoms with Crippen LogP contribution in [-0.4, -0.2) is 23.8 Å². The van der Waals surface area contributed by atoms with Crippen LogP contribution in [0.4, 0.5) is 0 Å². The average Bonchev–Trinajstić information content (AvgIpc) is 2.20. The van der Waals surface area contributed by atoms with E-state index in [0.717, 1.165) is 7.11 Å². The molecule has 0 amide bonds. The minimum Gasteiger partial charge on any atom is -0.483 e. The quantitative estimate of drug-likeness (QED) is 0.547. The first kappa shape index (κ1) is 23.1. The van der Waals surface area contributed by atoms with Crippen molar-refractivity contribution in [2.75, 3.05) is 7.11 Å². The number of rotatable bonds is 3. The van der Waals surface area contributed by atoms with Gasteiger partial charge in [0, 0.05) is 14.0 Å². The third-order valence-electron chi connectivity index (χ3n) is 0.957. The van der Waals surface area contributed by atoms with Crippen LogP contribution in [0, 0.1) is 11.3 Å². The Morgan fingerprint density at radius 3 is 1.43 bits per heavy atom. The van der Waals surface area contributed by atoms with E-state index in [1.54, 1.807) is 6.07 Å². The lowest BCUT2D eigenvalue weighted by atomic mass is 10.2. The van der Waals surface area contributed by atoms with Gasteiger partial charge < -0.3 is 10.2 Å². The number of hydrogen-bond acceptors (Lipinski definition) is 3. The first-order valence-electron chi connectivity index (χ1n) is 4.58. The van der Waals surface area contributed by atoms with E-state index < -0.39 is 0 Å². The summed E-state index contributed by atoms with van der Waals surface area (Å²) in [5.74, 6) is 0. The molecule has 0 heterocycles. The van der Waals surface area contributed by atoms with Crippen molar-refractivity contribution in [1.29, 1.82) is 5.26 Å². The highest BCUT2D eigenvalue weighted by molar-refractivity contribution is 5.32. The Morgan fingerprint density at radius 1 is 1.21 bits per heavy atom. The Bertz CT molecular complexity index is 96.0. The van der Waals surface area contributed by atoms with E-state index in [1.807, 2.05) is 0 Å². The van der Waals surface area contributed by atoms with E-state index in [2.05, 4.69) is 13.8 Å². The van der Waals surface area contributed by atoms with E-state index in [-0.39, 0.29) is 6.47 Å². The van der Waals surface area contributed by atoms with Crippen molar-refractivity contribution in [3.63, 3.8) is 0 Å². The lowest BCUT2D eigenvalue weighted by Gasteiger charge is -1.86. The molecule has 14 heavy (non-hydrogen) atoms. The Labute approximate surface area is 87.2 Å². The SMILES string of the molecule is CC#N.CCCCCC.CO.O=CO. The molecule has 2 N–H and O–H groups in total. The number of aliphatic hydroxyl groups is 1. The smallest absolute Gasteiger partial charge is 0.290 e. The van der Waals surface area contributed by atoms with Crippen molar-refractivity contribution in [3.05, 3.63) is 0 Å². The molecule has 0 aromatic carbocycles. The summed E-state index contributed by atoms with van der Waals surface area (Å²) in [7, 11) is 1.00. The number of unbranched alkanes of at least 4 members (excludes halogenated alkanes) is 3. The predicted octanol–water partition coefficient (Wildman–Crippen LogP) is 2.43. The maximum Gasteiger partial charge on any atom is 0.290 e. The molecule has 0 rings (SSSR count). The molecule has 0 aromatic rings. The van der Waals surface area contributed by atoms with Crippen LogP contribution < -0.4 is 0 Å². The molecule has 0 spiro atoms. The van der Waals surface area contributed by atoms with Gasteiger partial charge >= 0.3 is 0 Å². The van der Waals surface area contributed by atoms with Crippen molar-refractivity contribution >= 4 is 6.47 Å². The number of aliphatic hydroxyl groups excluding tert-OH is 1. The van der Waals surface area contributed by atoms with Gasteiger partial charge in [0.25, 0.3) is 6.47 Å². The predicted molar refractivity (Wildman–Crippen MR) is 57.9 cm³/mol. The van der Waals surface area contributed by atoms with Gasteiger partial charge in [0.1, 0.15) is 0 Å². The standard InChI is InChI=1S/C6H14.C2H3N.CH2O2.CH4O/c1-3-5-6-4-2;1-2-3;2-1-3;1-2/h3-6H2,1-2H3;1H3;1H,(H,2,3);2H,1H3. The summed E-state index contributed by atoms with van der Waals surface area (Å²) in [4.78, 5) is 8.36. The molecule has 0 bridgehead atoms. The second-order valence-corrected chi connectivity index (χ2v) is 2.04. The third kappa shape index (κ3) is 292. The Morgan fingerprint density at radius 2 is 1.36 bits per heavy atom. The van der Waals surface area contributed by atoms with Crippen molar-refractivity contribution < 1.29 is 15.0 Å². The van der Waals surface area contributed by atoms with Gasteiger partial charge in [0.15, 0.2) is 0 Å². The van der Waals surface area contributed by atoms with Gasteiger partial charge in [-0.15, -0.1) is 0 Å². The lowest BCUT2D eigenvalue weighted by Crippen LogP contribution is -1.66. The van der Waals surface area contributed by atoms with Gasteiger partial charge in [-0.1, -0.05) is 39.5 Å². The van der Waals surface area contributed by atoms with Crippen LogP contribution in [0.3, 0.4) is 0 Å². The van der Waals surface area contributed by atoms with Crippen molar-refractivity contribution in [1.82, 2.24) is 0 Å². The lowest BCUT2D eigenvalue weighted by molar-refractivity contribution is -0.122. The highest BCUT2D eigenvalue weighted by Crippen LogP contribution is 1.95. The molecule has 86 valence electrons. The Kier molecular flexibility index (Phi) is 96.8. The molecule has 0 aliphatic heterocycles. The van der Waals surface area contributed by atoms with E-state index in [0.29, 0.717) is 0 Å². The Hall–Kier alpha value is -1.08. The molecule has 0 aliphatic carbocycles. The zero-order valence-corrected chi connectivity index (χ0v) is 9.66. The highest BCUT2D eigenvalue weighted by Gasteiger charge is 1.75. The van der Waals surface area contributed by atoms with E-state index in [1.165, 1.54) is 32.6 Å². The second kappa shape index (κ2) is 58.7. The first-order valence-corrected chi connectivity index (χ1v) is 4.58. The highest BCUT2D eigenvalue weighted by atomic mass is 16.3. The minimum atomic E-state index is -0.250. The number of carboxylic acid groups (broad SMARTS) is 1. The monoisotopic (exact) mass is 205 g/mol. The van der Waals surface area contributed by atoms with Crippen molar-refractivity contribution in [2.45, 2.75) is 46.5 Å². The summed E-state index contributed by atoms with van der Waals surface area (Å²) in [5.41, 5.74) is 0. The summed E-state index contributed by atoms with van der Waals surface area (Å²) in [6.45, 7) is 5.64. The van der Waals surface area contributed by atoms with Crippen LogP contribution in [0.1, 0.15) is 46.5 Å². The molecular formula is C10H23NO3. The van der Waals surface area contributed by atoms with E-state index in [4.69, 9.17) is 20.3 Å². The fourth-order valence-electron chi connectivity index (χ4n) is 0.500. The van der Waals surface area contributed by atoms with Gasteiger partial charge in [-0.05, 0) is 0 Å². The maximum absolute atomic E-state index is 8.36. The summed E-state index contributed by atoms with van der Waals surface area (Å²) in [6.07, 6.45) is 5.54. The molecule has 0 radical (unpaired) electrons. The van der Waals surface area contributed by atoms with Gasteiger partial charge in [0.2, 0.25) is 0 Å². The van der Waals surface area contributed by atoms with Gasteiger partial charge in [0.05, 0.1) is 6.07 Å². The van der Waals surface area contributed by atoms with Crippen LogP contribution in [-0.2, 0) is 4.79 Å². The molecule has 0 aliphatic rings. The second-order valence-electron chi connectivity index (χ2n) is 2.04. The maximum atomic E-state index is 8.36. The number of nitrogens with zero attached hydrogens (tertiary/aromatic N) is 1. The largest absolute Gasteiger partial charge is 0.483 e. The summed E-state index contributed by atoms with van der Waals surface area (Å²) >= 11 is 0. The van der Waals surface area contributed by atoms with Crippen molar-refractivity contribution in [3.8, 4) is 6.07 Å². The summed E-state index contributed by atoms with van der Waals surface area (Å²) in [5, 5.41) is 21.2.